The van der Waals surface area contributed by atoms with Crippen LogP contribution in [-0.2, 0) is 18.3 Å². The number of carbonyl (C=O) groups excluding carboxylic acids is 1. The van der Waals surface area contributed by atoms with Crippen LogP contribution in [0.2, 0.25) is 0 Å². The lowest BCUT2D eigenvalue weighted by atomic mass is 10.2. The molecule has 0 saturated carbocycles. The highest BCUT2D eigenvalue weighted by molar-refractivity contribution is 7.54. The van der Waals surface area contributed by atoms with Gasteiger partial charge in [-0.1, -0.05) is 25.1 Å². The topological polar surface area (TPSA) is 61.8 Å². The normalized spacial score (nSPS) is 13.1. The van der Waals surface area contributed by atoms with E-state index in [1.807, 2.05) is 0 Å². The average Bonchev–Trinajstić information content (AvgIpc) is 2.44. The fraction of sp³-hybridized carbons (Fsp3) is 0.417. The molecule has 0 radical (unpaired) electrons. The number of benzene rings is 1. The minimum atomic E-state index is -3.41. The third-order valence-electron chi connectivity index (χ3n) is 2.46. The summed E-state index contributed by atoms with van der Waals surface area (Å²) >= 11 is 0. The van der Waals surface area contributed by atoms with Crippen molar-refractivity contribution in [3.05, 3.63) is 35.9 Å². The molecule has 0 fully saturated rings. The maximum Gasteiger partial charge on any atom is 0.370 e. The largest absolute Gasteiger partial charge is 0.446 e. The van der Waals surface area contributed by atoms with E-state index >= 15 is 0 Å². The highest BCUT2D eigenvalue weighted by Crippen LogP contribution is 2.53. The number of ether oxygens (including phenoxy) is 1. The summed E-state index contributed by atoms with van der Waals surface area (Å²) in [5, 5.41) is 0. The van der Waals surface area contributed by atoms with Crippen molar-refractivity contribution >= 4 is 13.6 Å². The summed E-state index contributed by atoms with van der Waals surface area (Å²) < 4.78 is 27.0. The van der Waals surface area contributed by atoms with E-state index in [1.54, 1.807) is 37.3 Å². The second-order valence-corrected chi connectivity index (χ2v) is 5.93. The molecule has 0 heterocycles. The molecule has 0 aliphatic rings. The summed E-state index contributed by atoms with van der Waals surface area (Å²) in [6.07, 6.45) is 0.345. The highest BCUT2D eigenvalue weighted by Gasteiger charge is 2.36. The molecule has 1 aromatic carbocycles. The first-order valence-electron chi connectivity index (χ1n) is 5.54. The van der Waals surface area contributed by atoms with Crippen LogP contribution in [0.15, 0.2) is 30.3 Å². The van der Waals surface area contributed by atoms with Crippen LogP contribution >= 0.6 is 7.60 Å². The molecule has 1 atom stereocenters. The molecule has 0 N–H and O–H groups in total. The van der Waals surface area contributed by atoms with Crippen LogP contribution in [0.4, 0.5) is 0 Å². The summed E-state index contributed by atoms with van der Waals surface area (Å²) in [6, 6.07) is 8.50. The number of hydrogen-bond acceptors (Lipinski definition) is 5. The monoisotopic (exact) mass is 272 g/mol. The lowest BCUT2D eigenvalue weighted by Crippen LogP contribution is -2.19. The predicted octanol–water partition coefficient (Wildman–Crippen LogP) is 3.07. The Labute approximate surface area is 107 Å². The van der Waals surface area contributed by atoms with Gasteiger partial charge in [-0.25, -0.2) is 4.79 Å². The van der Waals surface area contributed by atoms with Gasteiger partial charge in [0.25, 0.3) is 0 Å². The fourth-order valence-electron chi connectivity index (χ4n) is 1.45. The average molecular weight is 272 g/mol. The number of esters is 1. The number of carbonyl (C=O) groups is 1. The second kappa shape index (κ2) is 6.69. The molecule has 1 unspecified atom stereocenters. The van der Waals surface area contributed by atoms with Crippen LogP contribution < -0.4 is 0 Å². The smallest absolute Gasteiger partial charge is 0.370 e. The van der Waals surface area contributed by atoms with E-state index in [4.69, 9.17) is 13.8 Å². The molecular weight excluding hydrogens is 255 g/mol. The molecule has 1 rings (SSSR count). The Morgan fingerprint density at radius 2 is 1.78 bits per heavy atom. The van der Waals surface area contributed by atoms with Crippen molar-refractivity contribution in [2.24, 2.45) is 0 Å². The summed E-state index contributed by atoms with van der Waals surface area (Å²) in [4.78, 5) is 11.8. The second-order valence-electron chi connectivity index (χ2n) is 3.54. The Morgan fingerprint density at radius 1 is 1.22 bits per heavy atom. The van der Waals surface area contributed by atoms with Crippen LogP contribution in [0, 0.1) is 0 Å². The zero-order chi connectivity index (χ0) is 13.6. The Hall–Kier alpha value is -1.16. The van der Waals surface area contributed by atoms with E-state index in [1.165, 1.54) is 14.2 Å². The van der Waals surface area contributed by atoms with Crippen molar-refractivity contribution in [1.29, 1.82) is 0 Å². The van der Waals surface area contributed by atoms with E-state index in [0.29, 0.717) is 12.0 Å². The molecule has 0 aromatic heterocycles. The molecule has 1 aromatic rings. The molecule has 0 spiro atoms. The first kappa shape index (κ1) is 14.9. The van der Waals surface area contributed by atoms with Gasteiger partial charge in [0.2, 0.25) is 5.85 Å². The molecule has 0 aliphatic carbocycles. The number of rotatable bonds is 6. The SMILES string of the molecule is CCC(OC(=O)c1ccccc1)P(=O)(OC)OC. The maximum absolute atomic E-state index is 12.1. The summed E-state index contributed by atoms with van der Waals surface area (Å²) in [7, 11) is -0.874. The van der Waals surface area contributed by atoms with Crippen molar-refractivity contribution in [3.8, 4) is 0 Å². The summed E-state index contributed by atoms with van der Waals surface area (Å²) in [5.74, 6) is -1.45. The molecular formula is C12H17O5P. The van der Waals surface area contributed by atoms with Gasteiger partial charge in [0.15, 0.2) is 0 Å². The minimum absolute atomic E-state index is 0.345. The van der Waals surface area contributed by atoms with Gasteiger partial charge in [-0.2, -0.15) is 0 Å². The molecule has 0 aliphatic heterocycles. The summed E-state index contributed by atoms with van der Waals surface area (Å²) in [6.45, 7) is 1.74. The third-order valence-corrected chi connectivity index (χ3v) is 4.66. The van der Waals surface area contributed by atoms with E-state index in [0.717, 1.165) is 0 Å². The lowest BCUT2D eigenvalue weighted by Gasteiger charge is -2.23. The van der Waals surface area contributed by atoms with Gasteiger partial charge < -0.3 is 13.8 Å². The Balaban J connectivity index is 2.82. The first-order chi connectivity index (χ1) is 8.57. The first-order valence-corrected chi connectivity index (χ1v) is 7.15. The van der Waals surface area contributed by atoms with Gasteiger partial charge in [-0.05, 0) is 18.6 Å². The zero-order valence-electron chi connectivity index (χ0n) is 10.7. The lowest BCUT2D eigenvalue weighted by molar-refractivity contribution is 0.0378. The quantitative estimate of drug-likeness (QED) is 0.588. The van der Waals surface area contributed by atoms with Crippen molar-refractivity contribution < 1.29 is 23.1 Å². The Bertz CT molecular complexity index is 423. The van der Waals surface area contributed by atoms with Crippen LogP contribution in [0.3, 0.4) is 0 Å². The van der Waals surface area contributed by atoms with E-state index in [2.05, 4.69) is 0 Å². The molecule has 0 saturated heterocycles. The molecule has 100 valence electrons. The molecule has 18 heavy (non-hydrogen) atoms. The van der Waals surface area contributed by atoms with Crippen LogP contribution in [0.25, 0.3) is 0 Å². The van der Waals surface area contributed by atoms with E-state index in [9.17, 15) is 9.36 Å². The third kappa shape index (κ3) is 3.42. The predicted molar refractivity (Wildman–Crippen MR) is 67.6 cm³/mol. The van der Waals surface area contributed by atoms with Gasteiger partial charge in [0.1, 0.15) is 0 Å². The van der Waals surface area contributed by atoms with Gasteiger partial charge in [-0.3, -0.25) is 4.57 Å². The maximum atomic E-state index is 12.1. The molecule has 0 amide bonds. The van der Waals surface area contributed by atoms with Gasteiger partial charge in [0, 0.05) is 14.2 Å². The molecule has 0 bridgehead atoms. The van der Waals surface area contributed by atoms with Crippen LogP contribution in [0.5, 0.6) is 0 Å². The van der Waals surface area contributed by atoms with Crippen molar-refractivity contribution in [2.75, 3.05) is 14.2 Å². The van der Waals surface area contributed by atoms with Gasteiger partial charge >= 0.3 is 13.6 Å². The van der Waals surface area contributed by atoms with E-state index in [-0.39, 0.29) is 0 Å². The van der Waals surface area contributed by atoms with Crippen molar-refractivity contribution in [3.63, 3.8) is 0 Å². The van der Waals surface area contributed by atoms with E-state index < -0.39 is 19.4 Å². The molecule has 5 nitrogen and oxygen atoms in total. The minimum Gasteiger partial charge on any atom is -0.446 e. The van der Waals surface area contributed by atoms with Crippen molar-refractivity contribution in [1.82, 2.24) is 0 Å². The summed E-state index contributed by atoms with van der Waals surface area (Å²) in [5.41, 5.74) is 0.398. The van der Waals surface area contributed by atoms with Crippen LogP contribution in [-0.4, -0.2) is 26.0 Å². The van der Waals surface area contributed by atoms with Crippen LogP contribution in [0.1, 0.15) is 23.7 Å². The Kier molecular flexibility index (Phi) is 5.54. The fourth-order valence-corrected chi connectivity index (χ4v) is 2.74. The highest BCUT2D eigenvalue weighted by atomic mass is 31.2. The number of hydrogen-bond donors (Lipinski definition) is 0. The molecule has 6 heteroatoms. The Morgan fingerprint density at radius 3 is 2.22 bits per heavy atom. The standard InChI is InChI=1S/C12H17O5P/c1-4-11(18(14,15-2)16-3)17-12(13)10-8-6-5-7-9-10/h5-9,11H,4H2,1-3H3. The van der Waals surface area contributed by atoms with Gasteiger partial charge in [-0.15, -0.1) is 0 Å². The van der Waals surface area contributed by atoms with Gasteiger partial charge in [0.05, 0.1) is 5.56 Å². The zero-order valence-corrected chi connectivity index (χ0v) is 11.6. The van der Waals surface area contributed by atoms with Crippen molar-refractivity contribution in [2.45, 2.75) is 19.2 Å².